The maximum absolute atomic E-state index is 11.2. The lowest BCUT2D eigenvalue weighted by Gasteiger charge is -2.15. The molecule has 0 aromatic rings. The van der Waals surface area contributed by atoms with Crippen LogP contribution in [-0.2, 0) is 4.79 Å². The van der Waals surface area contributed by atoms with Crippen molar-refractivity contribution in [2.75, 3.05) is 0 Å². The summed E-state index contributed by atoms with van der Waals surface area (Å²) in [7, 11) is 0. The van der Waals surface area contributed by atoms with Crippen LogP contribution in [0.4, 0.5) is 0 Å². The van der Waals surface area contributed by atoms with Gasteiger partial charge in [-0.15, -0.1) is 11.6 Å². The normalized spacial score (nSPS) is 15.3. The van der Waals surface area contributed by atoms with Gasteiger partial charge in [-0.25, -0.2) is 0 Å². The molecule has 0 aliphatic carbocycles. The Morgan fingerprint density at radius 1 is 1.21 bits per heavy atom. The number of carbonyl (C=O) groups is 1. The third kappa shape index (κ3) is 7.19. The molecule has 0 unspecified atom stereocenters. The molecule has 0 radical (unpaired) electrons. The number of halogens is 1. The highest BCUT2D eigenvalue weighted by molar-refractivity contribution is 6.30. The lowest BCUT2D eigenvalue weighted by atomic mass is 10.0. The SMILES string of the molecule is CC(C)CCC[C@H](C)NC(=O)[C@@H](C)Cl. The van der Waals surface area contributed by atoms with E-state index in [1.807, 2.05) is 6.92 Å². The second kappa shape index (κ2) is 7.10. The third-order valence-electron chi connectivity index (χ3n) is 2.17. The first-order valence-electron chi connectivity index (χ1n) is 5.38. The molecule has 14 heavy (non-hydrogen) atoms. The van der Waals surface area contributed by atoms with Crippen LogP contribution in [0.15, 0.2) is 0 Å². The van der Waals surface area contributed by atoms with Gasteiger partial charge in [-0.1, -0.05) is 26.7 Å². The average Bonchev–Trinajstić information content (AvgIpc) is 2.02. The van der Waals surface area contributed by atoms with Crippen molar-refractivity contribution in [1.82, 2.24) is 5.32 Å². The van der Waals surface area contributed by atoms with Crippen LogP contribution in [0.1, 0.15) is 47.0 Å². The van der Waals surface area contributed by atoms with Gasteiger partial charge in [0.25, 0.3) is 0 Å². The molecule has 0 rings (SSSR count). The van der Waals surface area contributed by atoms with Gasteiger partial charge in [0.2, 0.25) is 5.91 Å². The van der Waals surface area contributed by atoms with Crippen LogP contribution >= 0.6 is 11.6 Å². The first-order valence-corrected chi connectivity index (χ1v) is 5.81. The summed E-state index contributed by atoms with van der Waals surface area (Å²) in [5.74, 6) is 0.675. The summed E-state index contributed by atoms with van der Waals surface area (Å²) < 4.78 is 0. The Bertz CT molecular complexity index is 169. The fraction of sp³-hybridized carbons (Fsp3) is 0.909. The lowest BCUT2D eigenvalue weighted by molar-refractivity contribution is -0.121. The molecule has 0 spiro atoms. The maximum atomic E-state index is 11.2. The van der Waals surface area contributed by atoms with Gasteiger partial charge in [0.15, 0.2) is 0 Å². The number of hydrogen-bond acceptors (Lipinski definition) is 1. The summed E-state index contributed by atoms with van der Waals surface area (Å²) in [6.07, 6.45) is 3.42. The number of hydrogen-bond donors (Lipinski definition) is 1. The molecular weight excluding hydrogens is 198 g/mol. The van der Waals surface area contributed by atoms with Crippen LogP contribution in [0.2, 0.25) is 0 Å². The molecule has 2 nitrogen and oxygen atoms in total. The van der Waals surface area contributed by atoms with Crippen molar-refractivity contribution in [3.63, 3.8) is 0 Å². The zero-order chi connectivity index (χ0) is 11.1. The highest BCUT2D eigenvalue weighted by Crippen LogP contribution is 2.08. The first kappa shape index (κ1) is 13.8. The van der Waals surface area contributed by atoms with Crippen molar-refractivity contribution in [3.8, 4) is 0 Å². The molecule has 0 saturated heterocycles. The second-order valence-electron chi connectivity index (χ2n) is 4.35. The van der Waals surface area contributed by atoms with E-state index < -0.39 is 5.38 Å². The zero-order valence-corrected chi connectivity index (χ0v) is 10.4. The van der Waals surface area contributed by atoms with Crippen LogP contribution in [0.5, 0.6) is 0 Å². The van der Waals surface area contributed by atoms with Gasteiger partial charge in [0.1, 0.15) is 5.38 Å². The van der Waals surface area contributed by atoms with E-state index in [2.05, 4.69) is 19.2 Å². The number of rotatable bonds is 6. The Kier molecular flexibility index (Phi) is 6.98. The van der Waals surface area contributed by atoms with Crippen molar-refractivity contribution in [3.05, 3.63) is 0 Å². The summed E-state index contributed by atoms with van der Waals surface area (Å²) in [4.78, 5) is 11.2. The predicted molar refractivity (Wildman–Crippen MR) is 61.6 cm³/mol. The largest absolute Gasteiger partial charge is 0.352 e. The average molecular weight is 220 g/mol. The summed E-state index contributed by atoms with van der Waals surface area (Å²) in [5, 5.41) is 2.45. The maximum Gasteiger partial charge on any atom is 0.237 e. The van der Waals surface area contributed by atoms with E-state index in [1.54, 1.807) is 6.92 Å². The Balaban J connectivity index is 3.55. The molecule has 0 aliphatic heterocycles. The predicted octanol–water partition coefficient (Wildman–Crippen LogP) is 2.94. The summed E-state index contributed by atoms with van der Waals surface area (Å²) >= 11 is 5.64. The van der Waals surface area contributed by atoms with Crippen molar-refractivity contribution in [2.24, 2.45) is 5.92 Å². The number of nitrogens with one attached hydrogen (secondary N) is 1. The van der Waals surface area contributed by atoms with Crippen molar-refractivity contribution in [2.45, 2.75) is 58.4 Å². The fourth-order valence-electron chi connectivity index (χ4n) is 1.26. The Hall–Kier alpha value is -0.240. The molecule has 0 aliphatic rings. The van der Waals surface area contributed by atoms with Gasteiger partial charge >= 0.3 is 0 Å². The molecule has 1 N–H and O–H groups in total. The van der Waals surface area contributed by atoms with E-state index >= 15 is 0 Å². The van der Waals surface area contributed by atoms with Crippen LogP contribution in [0, 0.1) is 5.92 Å². The van der Waals surface area contributed by atoms with E-state index in [-0.39, 0.29) is 11.9 Å². The number of alkyl halides is 1. The molecule has 0 bridgehead atoms. The minimum atomic E-state index is -0.428. The van der Waals surface area contributed by atoms with Crippen molar-refractivity contribution >= 4 is 17.5 Å². The van der Waals surface area contributed by atoms with E-state index in [0.717, 1.165) is 18.8 Å². The molecule has 3 heteroatoms. The molecule has 2 atom stereocenters. The molecule has 0 fully saturated rings. The van der Waals surface area contributed by atoms with Gasteiger partial charge in [-0.05, 0) is 26.2 Å². The minimum Gasteiger partial charge on any atom is -0.352 e. The first-order chi connectivity index (χ1) is 6.43. The van der Waals surface area contributed by atoms with Crippen LogP contribution in [0.3, 0.4) is 0 Å². The van der Waals surface area contributed by atoms with Gasteiger partial charge < -0.3 is 5.32 Å². The molecule has 0 aromatic heterocycles. The molecule has 0 saturated carbocycles. The monoisotopic (exact) mass is 219 g/mol. The topological polar surface area (TPSA) is 29.1 Å². The summed E-state index contributed by atoms with van der Waals surface area (Å²) in [5.41, 5.74) is 0. The summed E-state index contributed by atoms with van der Waals surface area (Å²) in [6.45, 7) is 8.14. The third-order valence-corrected chi connectivity index (χ3v) is 2.37. The van der Waals surface area contributed by atoms with Gasteiger partial charge in [0, 0.05) is 6.04 Å². The van der Waals surface area contributed by atoms with Gasteiger partial charge in [-0.2, -0.15) is 0 Å². The van der Waals surface area contributed by atoms with Crippen LogP contribution in [-0.4, -0.2) is 17.3 Å². The van der Waals surface area contributed by atoms with Gasteiger partial charge in [-0.3, -0.25) is 4.79 Å². The van der Waals surface area contributed by atoms with E-state index in [0.29, 0.717) is 0 Å². The molecular formula is C11H22ClNO. The highest BCUT2D eigenvalue weighted by atomic mass is 35.5. The molecule has 0 heterocycles. The van der Waals surface area contributed by atoms with Crippen LogP contribution < -0.4 is 5.32 Å². The molecule has 84 valence electrons. The van der Waals surface area contributed by atoms with E-state index in [4.69, 9.17) is 11.6 Å². The number of carbonyl (C=O) groups excluding carboxylic acids is 1. The second-order valence-corrected chi connectivity index (χ2v) is 5.01. The minimum absolute atomic E-state index is 0.0660. The Morgan fingerprint density at radius 3 is 2.21 bits per heavy atom. The molecule has 1 amide bonds. The van der Waals surface area contributed by atoms with Crippen molar-refractivity contribution < 1.29 is 4.79 Å². The quantitative estimate of drug-likeness (QED) is 0.684. The standard InChI is InChI=1S/C11H22ClNO/c1-8(2)6-5-7-9(3)13-11(14)10(4)12/h8-10H,5-7H2,1-4H3,(H,13,14)/t9-,10+/m0/s1. The zero-order valence-electron chi connectivity index (χ0n) is 9.64. The van der Waals surface area contributed by atoms with Crippen LogP contribution in [0.25, 0.3) is 0 Å². The number of amides is 1. The Morgan fingerprint density at radius 2 is 1.79 bits per heavy atom. The fourth-order valence-corrected chi connectivity index (χ4v) is 1.33. The summed E-state index contributed by atoms with van der Waals surface area (Å²) in [6, 6.07) is 0.238. The smallest absolute Gasteiger partial charge is 0.237 e. The van der Waals surface area contributed by atoms with E-state index in [9.17, 15) is 4.79 Å². The lowest BCUT2D eigenvalue weighted by Crippen LogP contribution is -2.36. The molecule has 0 aromatic carbocycles. The van der Waals surface area contributed by atoms with Crippen molar-refractivity contribution in [1.29, 1.82) is 0 Å². The Labute approximate surface area is 92.4 Å². The highest BCUT2D eigenvalue weighted by Gasteiger charge is 2.11. The van der Waals surface area contributed by atoms with Gasteiger partial charge in [0.05, 0.1) is 0 Å². The van der Waals surface area contributed by atoms with E-state index in [1.165, 1.54) is 6.42 Å².